The van der Waals surface area contributed by atoms with Crippen LogP contribution in [0.2, 0.25) is 18.6 Å². The minimum absolute atomic E-state index is 0.0716. The highest BCUT2D eigenvalue weighted by Crippen LogP contribution is 2.60. The molecule has 9 heteroatoms. The number of hydrogen-bond acceptors (Lipinski definition) is 5. The first kappa shape index (κ1) is 28.3. The van der Waals surface area contributed by atoms with E-state index in [1.807, 2.05) is 80.7 Å². The van der Waals surface area contributed by atoms with Crippen LogP contribution in [0.15, 0.2) is 71.2 Å². The summed E-state index contributed by atoms with van der Waals surface area (Å²) in [6.07, 6.45) is 1.17. The van der Waals surface area contributed by atoms with Crippen molar-refractivity contribution < 1.29 is 24.2 Å². The molecule has 0 aliphatic carbocycles. The van der Waals surface area contributed by atoms with E-state index >= 15 is 0 Å². The van der Waals surface area contributed by atoms with Crippen LogP contribution >= 0.6 is 15.9 Å². The Bertz CT molecular complexity index is 1510. The summed E-state index contributed by atoms with van der Waals surface area (Å²) in [5.74, 6) is -0.350. The Morgan fingerprint density at radius 2 is 1.76 bits per heavy atom. The van der Waals surface area contributed by atoms with Gasteiger partial charge in [-0.05, 0) is 73.5 Å². The summed E-state index contributed by atoms with van der Waals surface area (Å²) in [5.41, 5.74) is 3.94. The average molecular weight is 636 g/mol. The Balaban J connectivity index is 1.34. The number of fused-ring (bicyclic) bond motifs is 3. The normalized spacial score (nSPS) is 25.7. The van der Waals surface area contributed by atoms with E-state index in [0.717, 1.165) is 44.6 Å². The second-order valence-electron chi connectivity index (χ2n) is 11.9. The monoisotopic (exact) mass is 634 g/mol. The van der Waals surface area contributed by atoms with Crippen LogP contribution in [0.25, 0.3) is 0 Å². The van der Waals surface area contributed by atoms with Crippen LogP contribution in [0.4, 0.5) is 17.1 Å². The number of benzene rings is 3. The van der Waals surface area contributed by atoms with Crippen LogP contribution < -0.4 is 9.80 Å². The number of para-hydroxylation sites is 1. The molecule has 3 aromatic rings. The van der Waals surface area contributed by atoms with Gasteiger partial charge in [-0.25, -0.2) is 0 Å². The van der Waals surface area contributed by atoms with E-state index in [0.29, 0.717) is 19.4 Å². The molecular weight excluding hydrogens is 600 g/mol. The van der Waals surface area contributed by atoms with Gasteiger partial charge in [-0.2, -0.15) is 0 Å². The molecule has 0 bridgehead atoms. The van der Waals surface area contributed by atoms with Gasteiger partial charge in [0.2, 0.25) is 5.91 Å². The third-order valence-corrected chi connectivity index (χ3v) is 12.0. The molecule has 3 aliphatic heterocycles. The third-order valence-electron chi connectivity index (χ3n) is 8.98. The molecule has 41 heavy (non-hydrogen) atoms. The van der Waals surface area contributed by atoms with Crippen LogP contribution in [0.1, 0.15) is 36.5 Å². The minimum atomic E-state index is -2.75. The number of ether oxygens (including phenoxy) is 1. The van der Waals surface area contributed by atoms with E-state index in [-0.39, 0.29) is 29.9 Å². The molecule has 2 amide bonds. The molecule has 4 atom stereocenters. The van der Waals surface area contributed by atoms with Crippen LogP contribution in [0.3, 0.4) is 0 Å². The van der Waals surface area contributed by atoms with Crippen molar-refractivity contribution in [3.63, 3.8) is 0 Å². The van der Waals surface area contributed by atoms with Crippen molar-refractivity contribution in [1.29, 1.82) is 0 Å². The molecule has 1 fully saturated rings. The van der Waals surface area contributed by atoms with Gasteiger partial charge in [-0.1, -0.05) is 53.2 Å². The van der Waals surface area contributed by atoms with Crippen LogP contribution in [-0.4, -0.2) is 42.7 Å². The van der Waals surface area contributed by atoms with Crippen LogP contribution in [0, 0.1) is 5.92 Å². The number of halogens is 1. The molecule has 214 valence electrons. The Morgan fingerprint density at radius 3 is 2.46 bits per heavy atom. The summed E-state index contributed by atoms with van der Waals surface area (Å²) in [7, 11) is -2.75. The molecule has 7 nitrogen and oxygen atoms in total. The average Bonchev–Trinajstić information content (AvgIpc) is 3.36. The van der Waals surface area contributed by atoms with E-state index in [1.165, 1.54) is 0 Å². The first-order valence-corrected chi connectivity index (χ1v) is 18.0. The largest absolute Gasteiger partial charge is 0.432 e. The molecule has 2 N–H and O–H groups in total. The molecule has 3 aromatic carbocycles. The standard InChI is InChI=1S/C32H35BrN2O5Si/c1-20-30(41(2,3)39)28(16-17-36)40-32(20)25-18-23(33)11-14-27(25)34(31(32)38)19-21-8-12-24(13-9-21)35-26-7-5-4-6-22(26)10-15-29(35)37/h4-9,11-14,18,20,28,30,36,39H,10,15-17,19H2,1-3H3/t20-,28+,30-,32+/m0/s1. The molecule has 3 heterocycles. The second kappa shape index (κ2) is 10.5. The van der Waals surface area contributed by atoms with E-state index in [4.69, 9.17) is 4.74 Å². The Hall–Kier alpha value is -2.82. The van der Waals surface area contributed by atoms with Crippen molar-refractivity contribution in [2.24, 2.45) is 5.92 Å². The molecule has 1 saturated heterocycles. The number of carbonyl (C=O) groups excluding carboxylic acids is 2. The SMILES string of the molecule is C[C@H]1[C@H]([Si](C)(C)O)[C@@H](CCO)O[C@]12C(=O)N(Cc1ccc(N3C(=O)CCc4ccccc43)cc1)c1ccc(Br)cc12. The number of hydrogen-bond donors (Lipinski definition) is 2. The fourth-order valence-electron chi connectivity index (χ4n) is 7.25. The predicted octanol–water partition coefficient (Wildman–Crippen LogP) is 5.79. The highest BCUT2D eigenvalue weighted by Gasteiger charge is 2.66. The third kappa shape index (κ3) is 4.58. The van der Waals surface area contributed by atoms with Gasteiger partial charge in [0, 0.05) is 40.2 Å². The lowest BCUT2D eigenvalue weighted by Gasteiger charge is -2.32. The topological polar surface area (TPSA) is 90.3 Å². The molecule has 6 rings (SSSR count). The van der Waals surface area contributed by atoms with Gasteiger partial charge in [0.15, 0.2) is 13.9 Å². The molecule has 0 unspecified atom stereocenters. The van der Waals surface area contributed by atoms with Crippen LogP contribution in [0.5, 0.6) is 0 Å². The van der Waals surface area contributed by atoms with Gasteiger partial charge < -0.3 is 19.5 Å². The summed E-state index contributed by atoms with van der Waals surface area (Å²) in [6, 6.07) is 21.6. The number of amides is 2. The number of carbonyl (C=O) groups is 2. The molecule has 0 saturated carbocycles. The summed E-state index contributed by atoms with van der Waals surface area (Å²) in [6.45, 7) is 6.03. The number of nitrogens with zero attached hydrogens (tertiary/aromatic N) is 2. The lowest BCUT2D eigenvalue weighted by Crippen LogP contribution is -2.46. The number of aryl methyl sites for hydroxylation is 1. The number of anilines is 3. The Labute approximate surface area is 250 Å². The first-order valence-electron chi connectivity index (χ1n) is 14.2. The molecule has 1 spiro atoms. The maximum atomic E-state index is 14.4. The lowest BCUT2D eigenvalue weighted by atomic mass is 9.82. The van der Waals surface area contributed by atoms with Crippen molar-refractivity contribution >= 4 is 53.1 Å². The van der Waals surface area contributed by atoms with Crippen molar-refractivity contribution in [2.75, 3.05) is 16.4 Å². The highest BCUT2D eigenvalue weighted by molar-refractivity contribution is 9.10. The van der Waals surface area contributed by atoms with Gasteiger partial charge in [-0.15, -0.1) is 0 Å². The van der Waals surface area contributed by atoms with Crippen molar-refractivity contribution in [2.45, 2.75) is 63.1 Å². The Morgan fingerprint density at radius 1 is 1.02 bits per heavy atom. The molecular formula is C32H35BrN2O5Si. The fourth-order valence-corrected chi connectivity index (χ4v) is 10.2. The predicted molar refractivity (Wildman–Crippen MR) is 165 cm³/mol. The summed E-state index contributed by atoms with van der Waals surface area (Å²) in [4.78, 5) is 42.1. The zero-order valence-corrected chi connectivity index (χ0v) is 26.1. The Kier molecular flexibility index (Phi) is 7.23. The zero-order chi connectivity index (χ0) is 29.1. The zero-order valence-electron chi connectivity index (χ0n) is 23.5. The van der Waals surface area contributed by atoms with Crippen molar-refractivity contribution in [1.82, 2.24) is 0 Å². The fraction of sp³-hybridized carbons (Fsp3) is 0.375. The maximum absolute atomic E-state index is 14.4. The van der Waals surface area contributed by atoms with Gasteiger partial charge in [-0.3, -0.25) is 14.5 Å². The minimum Gasteiger partial charge on any atom is -0.432 e. The highest BCUT2D eigenvalue weighted by atomic mass is 79.9. The number of rotatable bonds is 6. The van der Waals surface area contributed by atoms with Gasteiger partial charge >= 0.3 is 0 Å². The number of aliphatic hydroxyl groups excluding tert-OH is 1. The van der Waals surface area contributed by atoms with Gasteiger partial charge in [0.25, 0.3) is 5.91 Å². The summed E-state index contributed by atoms with van der Waals surface area (Å²) >= 11 is 3.59. The quantitative estimate of drug-likeness (QED) is 0.335. The maximum Gasteiger partial charge on any atom is 0.264 e. The van der Waals surface area contributed by atoms with Crippen LogP contribution in [-0.2, 0) is 32.9 Å². The van der Waals surface area contributed by atoms with E-state index in [9.17, 15) is 19.5 Å². The first-order chi connectivity index (χ1) is 19.6. The van der Waals surface area contributed by atoms with Crippen molar-refractivity contribution in [3.05, 3.63) is 87.9 Å². The smallest absolute Gasteiger partial charge is 0.264 e. The van der Waals surface area contributed by atoms with E-state index in [2.05, 4.69) is 22.0 Å². The van der Waals surface area contributed by atoms with E-state index in [1.54, 1.807) is 9.80 Å². The van der Waals surface area contributed by atoms with Gasteiger partial charge in [0.1, 0.15) is 0 Å². The van der Waals surface area contributed by atoms with Crippen molar-refractivity contribution in [3.8, 4) is 0 Å². The second-order valence-corrected chi connectivity index (χ2v) is 16.8. The molecule has 3 aliphatic rings. The summed E-state index contributed by atoms with van der Waals surface area (Å²) in [5, 5.41) is 9.79. The molecule has 0 radical (unpaired) electrons. The number of aliphatic hydroxyl groups is 1. The summed E-state index contributed by atoms with van der Waals surface area (Å²) < 4.78 is 7.51. The molecule has 0 aromatic heterocycles. The van der Waals surface area contributed by atoms with E-state index < -0.39 is 20.0 Å². The van der Waals surface area contributed by atoms with Gasteiger partial charge in [0.05, 0.1) is 24.0 Å². The lowest BCUT2D eigenvalue weighted by molar-refractivity contribution is -0.146.